The zero-order valence-electron chi connectivity index (χ0n) is 11.5. The summed E-state index contributed by atoms with van der Waals surface area (Å²) < 4.78 is 0. The molecule has 1 N–H and O–H groups in total. The molecule has 1 aliphatic rings. The van der Waals surface area contributed by atoms with E-state index in [2.05, 4.69) is 4.90 Å². The SMILES string of the molecule is CN(C)C[C@]1(c2ccc(Cl)c(Cl)c2)CCCC[C@H]1O. The molecule has 1 aromatic rings. The van der Waals surface area contributed by atoms with Gasteiger partial charge in [-0.15, -0.1) is 0 Å². The third kappa shape index (κ3) is 3.08. The topological polar surface area (TPSA) is 23.5 Å². The van der Waals surface area contributed by atoms with E-state index in [-0.39, 0.29) is 11.5 Å². The van der Waals surface area contributed by atoms with Crippen LogP contribution in [-0.2, 0) is 5.41 Å². The lowest BCUT2D eigenvalue weighted by Crippen LogP contribution is -2.49. The third-order valence-electron chi connectivity index (χ3n) is 4.08. The van der Waals surface area contributed by atoms with Crippen LogP contribution >= 0.6 is 23.2 Å². The van der Waals surface area contributed by atoms with Crippen LogP contribution in [0.25, 0.3) is 0 Å². The zero-order chi connectivity index (χ0) is 14.0. The molecule has 2 rings (SSSR count). The first-order chi connectivity index (χ1) is 8.95. The van der Waals surface area contributed by atoms with Gasteiger partial charge in [-0.3, -0.25) is 0 Å². The van der Waals surface area contributed by atoms with Crippen molar-refractivity contribution in [2.24, 2.45) is 0 Å². The van der Waals surface area contributed by atoms with Crippen LogP contribution in [-0.4, -0.2) is 36.8 Å². The van der Waals surface area contributed by atoms with Crippen LogP contribution < -0.4 is 0 Å². The molecule has 0 bridgehead atoms. The lowest BCUT2D eigenvalue weighted by molar-refractivity contribution is 0.0264. The van der Waals surface area contributed by atoms with E-state index in [0.29, 0.717) is 10.0 Å². The van der Waals surface area contributed by atoms with Crippen molar-refractivity contribution in [3.8, 4) is 0 Å². The van der Waals surface area contributed by atoms with Gasteiger partial charge < -0.3 is 10.0 Å². The first-order valence-corrected chi connectivity index (χ1v) is 7.49. The maximum atomic E-state index is 10.6. The van der Waals surface area contributed by atoms with Crippen molar-refractivity contribution in [3.63, 3.8) is 0 Å². The van der Waals surface area contributed by atoms with Crippen LogP contribution in [0.4, 0.5) is 0 Å². The number of benzene rings is 1. The van der Waals surface area contributed by atoms with E-state index in [1.807, 2.05) is 32.3 Å². The summed E-state index contributed by atoms with van der Waals surface area (Å²) in [5.74, 6) is 0. The average Bonchev–Trinajstić information content (AvgIpc) is 2.35. The molecule has 1 saturated carbocycles. The number of hydrogen-bond donors (Lipinski definition) is 1. The second-order valence-electron chi connectivity index (χ2n) is 5.78. The number of rotatable bonds is 3. The Kier molecular flexibility index (Phi) is 4.78. The van der Waals surface area contributed by atoms with Gasteiger partial charge in [0.25, 0.3) is 0 Å². The normalized spacial score (nSPS) is 27.8. The maximum absolute atomic E-state index is 10.6. The van der Waals surface area contributed by atoms with Gasteiger partial charge in [0.05, 0.1) is 16.1 Å². The van der Waals surface area contributed by atoms with Gasteiger partial charge in [0.2, 0.25) is 0 Å². The fraction of sp³-hybridized carbons (Fsp3) is 0.600. The number of likely N-dealkylation sites (N-methyl/N-ethyl adjacent to an activating group) is 1. The molecule has 0 heterocycles. The molecule has 4 heteroatoms. The zero-order valence-corrected chi connectivity index (χ0v) is 13.0. The minimum Gasteiger partial charge on any atom is -0.392 e. The second-order valence-corrected chi connectivity index (χ2v) is 6.60. The van der Waals surface area contributed by atoms with Crippen LogP contribution in [0.5, 0.6) is 0 Å². The molecule has 0 unspecified atom stereocenters. The van der Waals surface area contributed by atoms with Crippen molar-refractivity contribution in [1.82, 2.24) is 4.90 Å². The lowest BCUT2D eigenvalue weighted by atomic mass is 9.67. The minimum absolute atomic E-state index is 0.226. The highest BCUT2D eigenvalue weighted by Gasteiger charge is 2.41. The molecule has 2 nitrogen and oxygen atoms in total. The molecular weight excluding hydrogens is 281 g/mol. The lowest BCUT2D eigenvalue weighted by Gasteiger charge is -2.44. The number of nitrogens with zero attached hydrogens (tertiary/aromatic N) is 1. The largest absolute Gasteiger partial charge is 0.392 e. The molecular formula is C15H21Cl2NO. The predicted octanol–water partition coefficient (Wildman–Crippen LogP) is 3.73. The highest BCUT2D eigenvalue weighted by molar-refractivity contribution is 6.42. The Labute approximate surface area is 125 Å². The van der Waals surface area contributed by atoms with Crippen molar-refractivity contribution in [2.45, 2.75) is 37.2 Å². The summed E-state index contributed by atoms with van der Waals surface area (Å²) in [5, 5.41) is 11.7. The maximum Gasteiger partial charge on any atom is 0.0649 e. The molecule has 1 aliphatic carbocycles. The molecule has 19 heavy (non-hydrogen) atoms. The Morgan fingerprint density at radius 2 is 2.00 bits per heavy atom. The highest BCUT2D eigenvalue weighted by Crippen LogP contribution is 2.41. The first-order valence-electron chi connectivity index (χ1n) is 6.74. The van der Waals surface area contributed by atoms with E-state index in [9.17, 15) is 5.11 Å². The molecule has 0 aliphatic heterocycles. The van der Waals surface area contributed by atoms with Gasteiger partial charge in [0, 0.05) is 12.0 Å². The van der Waals surface area contributed by atoms with Crippen molar-refractivity contribution in [3.05, 3.63) is 33.8 Å². The van der Waals surface area contributed by atoms with Gasteiger partial charge in [0.1, 0.15) is 0 Å². The summed E-state index contributed by atoms with van der Waals surface area (Å²) >= 11 is 12.2. The van der Waals surface area contributed by atoms with Gasteiger partial charge >= 0.3 is 0 Å². The van der Waals surface area contributed by atoms with E-state index in [0.717, 1.165) is 37.8 Å². The Morgan fingerprint density at radius 3 is 2.58 bits per heavy atom. The predicted molar refractivity (Wildman–Crippen MR) is 81.2 cm³/mol. The van der Waals surface area contributed by atoms with Crippen molar-refractivity contribution >= 4 is 23.2 Å². The Morgan fingerprint density at radius 1 is 1.26 bits per heavy atom. The number of aliphatic hydroxyl groups excluding tert-OH is 1. The number of aliphatic hydroxyl groups is 1. The Balaban J connectivity index is 2.43. The van der Waals surface area contributed by atoms with Gasteiger partial charge in [-0.2, -0.15) is 0 Å². The van der Waals surface area contributed by atoms with E-state index in [1.165, 1.54) is 0 Å². The first kappa shape index (κ1) is 15.1. The van der Waals surface area contributed by atoms with Crippen LogP contribution in [0.1, 0.15) is 31.2 Å². The quantitative estimate of drug-likeness (QED) is 0.919. The average molecular weight is 302 g/mol. The fourth-order valence-corrected chi connectivity index (χ4v) is 3.50. The summed E-state index contributed by atoms with van der Waals surface area (Å²) in [6.45, 7) is 0.826. The summed E-state index contributed by atoms with van der Waals surface area (Å²) in [4.78, 5) is 2.14. The van der Waals surface area contributed by atoms with Crippen LogP contribution in [0.15, 0.2) is 18.2 Å². The monoisotopic (exact) mass is 301 g/mol. The fourth-order valence-electron chi connectivity index (χ4n) is 3.20. The van der Waals surface area contributed by atoms with Gasteiger partial charge in [-0.1, -0.05) is 42.1 Å². The number of hydrogen-bond acceptors (Lipinski definition) is 2. The molecule has 1 aromatic carbocycles. The van der Waals surface area contributed by atoms with Crippen molar-refractivity contribution in [2.75, 3.05) is 20.6 Å². The molecule has 0 spiro atoms. The smallest absolute Gasteiger partial charge is 0.0649 e. The van der Waals surface area contributed by atoms with Gasteiger partial charge in [-0.25, -0.2) is 0 Å². The third-order valence-corrected chi connectivity index (χ3v) is 4.82. The van der Waals surface area contributed by atoms with Crippen molar-refractivity contribution < 1.29 is 5.11 Å². The summed E-state index contributed by atoms with van der Waals surface area (Å²) in [5.41, 5.74) is 0.874. The van der Waals surface area contributed by atoms with Gasteiger partial charge in [0.15, 0.2) is 0 Å². The molecule has 0 radical (unpaired) electrons. The van der Waals surface area contributed by atoms with E-state index in [4.69, 9.17) is 23.2 Å². The number of halogens is 2. The van der Waals surface area contributed by atoms with Crippen LogP contribution in [0, 0.1) is 0 Å². The summed E-state index contributed by atoms with van der Waals surface area (Å²) in [6, 6.07) is 5.76. The van der Waals surface area contributed by atoms with Gasteiger partial charge in [-0.05, 0) is 44.6 Å². The molecule has 2 atom stereocenters. The highest BCUT2D eigenvalue weighted by atomic mass is 35.5. The van der Waals surface area contributed by atoms with E-state index in [1.54, 1.807) is 0 Å². The van der Waals surface area contributed by atoms with Crippen LogP contribution in [0.2, 0.25) is 10.0 Å². The molecule has 106 valence electrons. The van der Waals surface area contributed by atoms with E-state index >= 15 is 0 Å². The molecule has 1 fully saturated rings. The molecule has 0 amide bonds. The Hall–Kier alpha value is -0.280. The second kappa shape index (κ2) is 6.01. The summed E-state index contributed by atoms with van der Waals surface area (Å²) in [7, 11) is 4.08. The minimum atomic E-state index is -0.319. The van der Waals surface area contributed by atoms with Crippen molar-refractivity contribution in [1.29, 1.82) is 0 Å². The van der Waals surface area contributed by atoms with E-state index < -0.39 is 0 Å². The standard InChI is InChI=1S/C15H21Cl2NO/c1-18(2)10-15(8-4-3-5-14(15)19)11-6-7-12(16)13(17)9-11/h6-7,9,14,19H,3-5,8,10H2,1-2H3/t14-,15+/m1/s1. The molecule has 0 saturated heterocycles. The molecule has 0 aromatic heterocycles. The summed E-state index contributed by atoms with van der Waals surface area (Å²) in [6.07, 6.45) is 3.77. The van der Waals surface area contributed by atoms with Crippen LogP contribution in [0.3, 0.4) is 0 Å². The Bertz CT molecular complexity index is 450.